The van der Waals surface area contributed by atoms with E-state index in [-0.39, 0.29) is 6.54 Å². The Kier molecular flexibility index (Phi) is 5.70. The zero-order valence-electron chi connectivity index (χ0n) is 15.1. The molecule has 0 saturated carbocycles. The molecular formula is C19H17ClN2O6. The van der Waals surface area contributed by atoms with Gasteiger partial charge in [0.05, 0.1) is 18.3 Å². The lowest BCUT2D eigenvalue weighted by Gasteiger charge is -2.15. The Labute approximate surface area is 164 Å². The summed E-state index contributed by atoms with van der Waals surface area (Å²) in [6, 6.07) is 11.4. The minimum absolute atomic E-state index is 0.347. The van der Waals surface area contributed by atoms with Crippen LogP contribution in [0.5, 0.6) is 5.75 Å². The van der Waals surface area contributed by atoms with Gasteiger partial charge >= 0.3 is 11.7 Å². The first-order chi connectivity index (χ1) is 13.4. The minimum Gasteiger partial charge on any atom is -0.495 e. The minimum atomic E-state index is -1.11. The van der Waals surface area contributed by atoms with E-state index in [2.05, 4.69) is 5.32 Å². The molecule has 0 aliphatic rings. The Balaban J connectivity index is 1.67. The molecule has 1 N–H and O–H groups in total. The number of aromatic nitrogens is 1. The van der Waals surface area contributed by atoms with E-state index in [4.69, 9.17) is 25.5 Å². The van der Waals surface area contributed by atoms with Gasteiger partial charge in [-0.3, -0.25) is 14.2 Å². The molecule has 1 heterocycles. The predicted octanol–water partition coefficient (Wildman–Crippen LogP) is 2.83. The third kappa shape index (κ3) is 4.17. The highest BCUT2D eigenvalue weighted by atomic mass is 35.5. The van der Waals surface area contributed by atoms with Crippen LogP contribution in [0.25, 0.3) is 11.1 Å². The first-order valence-electron chi connectivity index (χ1n) is 8.31. The maximum Gasteiger partial charge on any atom is 0.420 e. The molecule has 1 atom stereocenters. The summed E-state index contributed by atoms with van der Waals surface area (Å²) in [4.78, 5) is 36.5. The van der Waals surface area contributed by atoms with E-state index in [0.717, 1.165) is 4.57 Å². The van der Waals surface area contributed by atoms with Crippen LogP contribution in [0.1, 0.15) is 6.92 Å². The van der Waals surface area contributed by atoms with Gasteiger partial charge in [-0.15, -0.1) is 0 Å². The van der Waals surface area contributed by atoms with Crippen molar-refractivity contribution in [1.29, 1.82) is 0 Å². The summed E-state index contributed by atoms with van der Waals surface area (Å²) < 4.78 is 16.5. The number of fused-ring (bicyclic) bond motifs is 1. The Morgan fingerprint density at radius 3 is 2.75 bits per heavy atom. The van der Waals surface area contributed by atoms with Gasteiger partial charge in [0.1, 0.15) is 12.3 Å². The van der Waals surface area contributed by atoms with Crippen LogP contribution >= 0.6 is 11.6 Å². The first kappa shape index (κ1) is 19.5. The molecule has 0 bridgehead atoms. The second kappa shape index (κ2) is 8.18. The summed E-state index contributed by atoms with van der Waals surface area (Å²) in [5.41, 5.74) is 1.17. The van der Waals surface area contributed by atoms with Crippen molar-refractivity contribution in [3.05, 3.63) is 58.0 Å². The van der Waals surface area contributed by atoms with Gasteiger partial charge in [0, 0.05) is 5.02 Å². The van der Waals surface area contributed by atoms with Gasteiger partial charge in [-0.2, -0.15) is 0 Å². The highest BCUT2D eigenvalue weighted by Gasteiger charge is 2.21. The number of anilines is 1. The molecule has 3 rings (SSSR count). The molecule has 0 saturated heterocycles. The molecule has 0 unspecified atom stereocenters. The van der Waals surface area contributed by atoms with E-state index < -0.39 is 23.7 Å². The summed E-state index contributed by atoms with van der Waals surface area (Å²) >= 11 is 5.93. The van der Waals surface area contributed by atoms with Crippen molar-refractivity contribution in [2.75, 3.05) is 12.4 Å². The van der Waals surface area contributed by atoms with Crippen molar-refractivity contribution in [2.24, 2.45) is 0 Å². The van der Waals surface area contributed by atoms with E-state index in [1.54, 1.807) is 36.4 Å². The van der Waals surface area contributed by atoms with Crippen LogP contribution in [0.3, 0.4) is 0 Å². The molecule has 146 valence electrons. The van der Waals surface area contributed by atoms with Gasteiger partial charge in [-0.1, -0.05) is 23.7 Å². The number of ether oxygens (including phenoxy) is 2. The third-order valence-corrected chi connectivity index (χ3v) is 4.19. The van der Waals surface area contributed by atoms with Crippen LogP contribution < -0.4 is 15.8 Å². The van der Waals surface area contributed by atoms with Crippen LogP contribution in [0.15, 0.2) is 51.7 Å². The van der Waals surface area contributed by atoms with Gasteiger partial charge in [-0.25, -0.2) is 4.79 Å². The Hall–Kier alpha value is -3.26. The number of oxazole rings is 1. The molecule has 9 heteroatoms. The summed E-state index contributed by atoms with van der Waals surface area (Å²) in [5.74, 6) is -1.60. The van der Waals surface area contributed by atoms with E-state index >= 15 is 0 Å². The van der Waals surface area contributed by atoms with Gasteiger partial charge in [0.2, 0.25) is 0 Å². The van der Waals surface area contributed by atoms with E-state index in [9.17, 15) is 14.4 Å². The van der Waals surface area contributed by atoms with Gasteiger partial charge in [-0.05, 0) is 37.3 Å². The van der Waals surface area contributed by atoms with Gasteiger partial charge in [0.15, 0.2) is 11.7 Å². The number of esters is 1. The van der Waals surface area contributed by atoms with Crippen molar-refractivity contribution in [3.8, 4) is 5.75 Å². The summed E-state index contributed by atoms with van der Waals surface area (Å²) in [5, 5.41) is 3.00. The molecule has 8 nitrogen and oxygen atoms in total. The number of nitrogens with one attached hydrogen (secondary N) is 1. The highest BCUT2D eigenvalue weighted by Crippen LogP contribution is 2.27. The fourth-order valence-corrected chi connectivity index (χ4v) is 2.77. The molecule has 0 aliphatic carbocycles. The Morgan fingerprint density at radius 2 is 2.00 bits per heavy atom. The van der Waals surface area contributed by atoms with Crippen molar-refractivity contribution in [3.63, 3.8) is 0 Å². The summed E-state index contributed by atoms with van der Waals surface area (Å²) in [6.45, 7) is 1.04. The molecule has 2 aromatic carbocycles. The lowest BCUT2D eigenvalue weighted by Crippen LogP contribution is -2.32. The largest absolute Gasteiger partial charge is 0.495 e. The average molecular weight is 405 g/mol. The maximum atomic E-state index is 12.3. The molecule has 1 aromatic heterocycles. The lowest BCUT2D eigenvalue weighted by atomic mass is 10.2. The number of halogens is 1. The van der Waals surface area contributed by atoms with E-state index in [1.165, 1.54) is 20.1 Å². The van der Waals surface area contributed by atoms with Crippen LogP contribution in [0, 0.1) is 0 Å². The van der Waals surface area contributed by atoms with Crippen LogP contribution in [0.4, 0.5) is 5.69 Å². The number of para-hydroxylation sites is 2. The Bertz CT molecular complexity index is 1090. The fraction of sp³-hybridized carbons (Fsp3) is 0.211. The zero-order chi connectivity index (χ0) is 20.3. The monoisotopic (exact) mass is 404 g/mol. The average Bonchev–Trinajstić information content (AvgIpc) is 2.97. The molecule has 0 spiro atoms. The molecule has 0 radical (unpaired) electrons. The van der Waals surface area contributed by atoms with Crippen LogP contribution in [0.2, 0.25) is 5.02 Å². The van der Waals surface area contributed by atoms with Crippen molar-refractivity contribution >= 4 is 40.3 Å². The number of hydrogen-bond acceptors (Lipinski definition) is 6. The van der Waals surface area contributed by atoms with Gasteiger partial charge < -0.3 is 19.2 Å². The summed E-state index contributed by atoms with van der Waals surface area (Å²) in [6.07, 6.45) is -1.11. The second-order valence-electron chi connectivity index (χ2n) is 5.89. The third-order valence-electron chi connectivity index (χ3n) is 3.96. The number of rotatable bonds is 6. The normalized spacial score (nSPS) is 11.8. The molecule has 0 aliphatic heterocycles. The van der Waals surface area contributed by atoms with Crippen molar-refractivity contribution in [1.82, 2.24) is 4.57 Å². The first-order valence-corrected chi connectivity index (χ1v) is 8.69. The van der Waals surface area contributed by atoms with Crippen LogP contribution in [-0.4, -0.2) is 29.7 Å². The number of benzene rings is 2. The fourth-order valence-electron chi connectivity index (χ4n) is 2.59. The Morgan fingerprint density at radius 1 is 1.25 bits per heavy atom. The van der Waals surface area contributed by atoms with Crippen molar-refractivity contribution < 1.29 is 23.5 Å². The SMILES string of the molecule is COc1ccc(Cl)cc1NC(=O)[C@@H](C)OC(=O)Cn1c(=O)oc2ccccc21. The highest BCUT2D eigenvalue weighted by molar-refractivity contribution is 6.31. The quantitative estimate of drug-likeness (QED) is 0.634. The second-order valence-corrected chi connectivity index (χ2v) is 6.32. The van der Waals surface area contributed by atoms with Crippen LogP contribution in [-0.2, 0) is 20.9 Å². The summed E-state index contributed by atoms with van der Waals surface area (Å²) in [7, 11) is 1.45. The lowest BCUT2D eigenvalue weighted by molar-refractivity contribution is -0.153. The molecule has 1 amide bonds. The number of nitrogens with zero attached hydrogens (tertiary/aromatic N) is 1. The number of amides is 1. The van der Waals surface area contributed by atoms with E-state index in [1.807, 2.05) is 0 Å². The molecule has 3 aromatic rings. The van der Waals surface area contributed by atoms with E-state index in [0.29, 0.717) is 27.6 Å². The molecule has 0 fully saturated rings. The topological polar surface area (TPSA) is 99.8 Å². The maximum absolute atomic E-state index is 12.3. The smallest absolute Gasteiger partial charge is 0.420 e. The molecule has 28 heavy (non-hydrogen) atoms. The predicted molar refractivity (Wildman–Crippen MR) is 103 cm³/mol. The number of methoxy groups -OCH3 is 1. The number of hydrogen-bond donors (Lipinski definition) is 1. The zero-order valence-corrected chi connectivity index (χ0v) is 15.9. The standard InChI is InChI=1S/C19H17ClN2O6/c1-11(18(24)21-13-9-12(20)7-8-15(13)26-2)27-17(23)10-22-14-5-3-4-6-16(14)28-19(22)25/h3-9,11H,10H2,1-2H3,(H,21,24)/t11-/m1/s1. The van der Waals surface area contributed by atoms with Crippen molar-refractivity contribution in [2.45, 2.75) is 19.6 Å². The molecular weight excluding hydrogens is 388 g/mol. The number of carbonyl (C=O) groups excluding carboxylic acids is 2. The number of carbonyl (C=O) groups is 2. The van der Waals surface area contributed by atoms with Gasteiger partial charge in [0.25, 0.3) is 5.91 Å².